The highest BCUT2D eigenvalue weighted by Gasteiger charge is 2.55. The maximum absolute atomic E-state index is 13.1. The second-order valence-electron chi connectivity index (χ2n) is 7.82. The molecule has 6 heteroatoms. The van der Waals surface area contributed by atoms with Gasteiger partial charge in [0.1, 0.15) is 12.1 Å². The first kappa shape index (κ1) is 17.1. The van der Waals surface area contributed by atoms with E-state index in [1.807, 2.05) is 24.3 Å². The lowest BCUT2D eigenvalue weighted by Crippen LogP contribution is -2.47. The summed E-state index contributed by atoms with van der Waals surface area (Å²) in [4.78, 5) is 39.1. The maximum atomic E-state index is 13.1. The number of hydrogen-bond acceptors (Lipinski definition) is 3. The highest BCUT2D eigenvalue weighted by molar-refractivity contribution is 6.09. The third-order valence-electron chi connectivity index (χ3n) is 6.18. The minimum absolute atomic E-state index is 0.137. The van der Waals surface area contributed by atoms with Gasteiger partial charge in [0, 0.05) is 6.04 Å². The Morgan fingerprint density at radius 1 is 1.27 bits per heavy atom. The highest BCUT2D eigenvalue weighted by Crippen LogP contribution is 2.41. The number of nitrogens with one attached hydrogen (secondary N) is 2. The van der Waals surface area contributed by atoms with Gasteiger partial charge in [-0.2, -0.15) is 0 Å². The van der Waals surface area contributed by atoms with Gasteiger partial charge in [-0.3, -0.25) is 14.5 Å². The van der Waals surface area contributed by atoms with Gasteiger partial charge < -0.3 is 10.6 Å². The molecule has 1 aliphatic heterocycles. The zero-order valence-corrected chi connectivity index (χ0v) is 15.1. The molecule has 2 aliphatic carbocycles. The van der Waals surface area contributed by atoms with E-state index in [0.29, 0.717) is 12.3 Å². The lowest BCUT2D eigenvalue weighted by Gasteiger charge is -2.30. The topological polar surface area (TPSA) is 78.5 Å². The predicted octanol–water partition coefficient (Wildman–Crippen LogP) is 2.07. The molecule has 1 aromatic rings. The predicted molar refractivity (Wildman–Crippen MR) is 96.2 cm³/mol. The van der Waals surface area contributed by atoms with Crippen molar-refractivity contribution in [2.24, 2.45) is 5.92 Å². The Balaban J connectivity index is 1.48. The zero-order chi connectivity index (χ0) is 18.3. The number of carbonyl (C=O) groups is 3. The molecule has 4 amide bonds. The van der Waals surface area contributed by atoms with E-state index in [4.69, 9.17) is 0 Å². The quantitative estimate of drug-likeness (QED) is 0.815. The Bertz CT molecular complexity index is 762. The van der Waals surface area contributed by atoms with Crippen molar-refractivity contribution in [3.8, 4) is 0 Å². The van der Waals surface area contributed by atoms with Gasteiger partial charge in [-0.15, -0.1) is 0 Å². The average Bonchev–Trinajstić information content (AvgIpc) is 3.11. The largest absolute Gasteiger partial charge is 0.352 e. The molecule has 0 bridgehead atoms. The van der Waals surface area contributed by atoms with E-state index >= 15 is 0 Å². The van der Waals surface area contributed by atoms with E-state index in [2.05, 4.69) is 17.6 Å². The monoisotopic (exact) mass is 355 g/mol. The summed E-state index contributed by atoms with van der Waals surface area (Å²) in [6.45, 7) is 1.93. The van der Waals surface area contributed by atoms with Crippen LogP contribution in [0, 0.1) is 5.92 Å². The van der Waals surface area contributed by atoms with E-state index < -0.39 is 11.6 Å². The summed E-state index contributed by atoms with van der Waals surface area (Å²) in [6.07, 6.45) is 5.68. The lowest BCUT2D eigenvalue weighted by molar-refractivity contribution is -0.135. The molecule has 3 atom stereocenters. The highest BCUT2D eigenvalue weighted by atomic mass is 16.2. The number of carbonyl (C=O) groups excluding carboxylic acids is 3. The molecule has 1 aromatic carbocycles. The molecule has 1 saturated carbocycles. The van der Waals surface area contributed by atoms with Gasteiger partial charge in [-0.05, 0) is 42.7 Å². The number of nitrogens with zero attached hydrogens (tertiary/aromatic N) is 1. The third kappa shape index (κ3) is 2.68. The summed E-state index contributed by atoms with van der Waals surface area (Å²) in [7, 11) is 0. The molecule has 2 N–H and O–H groups in total. The maximum Gasteiger partial charge on any atom is 0.325 e. The summed E-state index contributed by atoms with van der Waals surface area (Å²) >= 11 is 0. The summed E-state index contributed by atoms with van der Waals surface area (Å²) in [5, 5.41) is 5.88. The van der Waals surface area contributed by atoms with Crippen LogP contribution in [0.1, 0.15) is 50.2 Å². The van der Waals surface area contributed by atoms with Crippen LogP contribution in [0.4, 0.5) is 4.79 Å². The molecule has 6 nitrogen and oxygen atoms in total. The first-order chi connectivity index (χ1) is 12.5. The molecule has 3 aliphatic rings. The molecule has 1 spiro atoms. The fourth-order valence-electron chi connectivity index (χ4n) is 4.66. The van der Waals surface area contributed by atoms with Crippen molar-refractivity contribution in [3.63, 3.8) is 0 Å². The minimum atomic E-state index is -0.994. The van der Waals surface area contributed by atoms with E-state index in [9.17, 15) is 14.4 Å². The molecule has 2 fully saturated rings. The summed E-state index contributed by atoms with van der Waals surface area (Å²) in [5.74, 6) is -0.126. The standard InChI is InChI=1S/C20H25N3O3/c1-13-6-2-5-9-16(13)21-17(24)12-23-18(25)20(22-19(23)26)11-10-14-7-3-4-8-15(14)20/h3-4,7-8,13,16H,2,5-6,9-12H2,1H3,(H,21,24)(H,22,26)/t13-,16-,20+/m0/s1. The smallest absolute Gasteiger partial charge is 0.325 e. The Morgan fingerprint density at radius 3 is 2.85 bits per heavy atom. The number of urea groups is 1. The molecule has 4 rings (SSSR count). The van der Waals surface area contributed by atoms with Crippen molar-refractivity contribution in [2.45, 2.75) is 57.0 Å². The van der Waals surface area contributed by atoms with Crippen LogP contribution in [-0.2, 0) is 21.5 Å². The molecular weight excluding hydrogens is 330 g/mol. The number of rotatable bonds is 3. The first-order valence-corrected chi connectivity index (χ1v) is 9.53. The summed E-state index contributed by atoms with van der Waals surface area (Å²) in [5.41, 5.74) is 0.956. The molecule has 1 saturated heterocycles. The molecule has 0 radical (unpaired) electrons. The van der Waals surface area contributed by atoms with Gasteiger partial charge in [0.2, 0.25) is 5.91 Å². The fraction of sp³-hybridized carbons (Fsp3) is 0.550. The number of amides is 4. The van der Waals surface area contributed by atoms with Crippen molar-refractivity contribution in [1.82, 2.24) is 15.5 Å². The number of fused-ring (bicyclic) bond motifs is 2. The van der Waals surface area contributed by atoms with Crippen molar-refractivity contribution in [2.75, 3.05) is 6.54 Å². The summed E-state index contributed by atoms with van der Waals surface area (Å²) in [6, 6.07) is 7.37. The fourth-order valence-corrected chi connectivity index (χ4v) is 4.66. The van der Waals surface area contributed by atoms with Crippen LogP contribution < -0.4 is 10.6 Å². The van der Waals surface area contributed by atoms with Crippen molar-refractivity contribution < 1.29 is 14.4 Å². The second kappa shape index (κ2) is 6.41. The first-order valence-electron chi connectivity index (χ1n) is 9.53. The summed E-state index contributed by atoms with van der Waals surface area (Å²) < 4.78 is 0. The van der Waals surface area contributed by atoms with Gasteiger partial charge in [-0.1, -0.05) is 44.0 Å². The molecule has 0 aromatic heterocycles. The molecule has 138 valence electrons. The van der Waals surface area contributed by atoms with Crippen LogP contribution in [0.3, 0.4) is 0 Å². The van der Waals surface area contributed by atoms with Gasteiger partial charge >= 0.3 is 6.03 Å². The minimum Gasteiger partial charge on any atom is -0.352 e. The Hall–Kier alpha value is -2.37. The number of imide groups is 1. The van der Waals surface area contributed by atoms with Gasteiger partial charge in [0.05, 0.1) is 0 Å². The normalized spacial score (nSPS) is 30.4. The van der Waals surface area contributed by atoms with Crippen LogP contribution >= 0.6 is 0 Å². The van der Waals surface area contributed by atoms with E-state index in [0.717, 1.165) is 41.7 Å². The number of aryl methyl sites for hydroxylation is 1. The number of benzene rings is 1. The lowest BCUT2D eigenvalue weighted by atomic mass is 9.86. The van der Waals surface area contributed by atoms with E-state index in [-0.39, 0.29) is 24.4 Å². The Labute approximate surface area is 153 Å². The van der Waals surface area contributed by atoms with Gasteiger partial charge in [0.25, 0.3) is 5.91 Å². The Morgan fingerprint density at radius 2 is 2.04 bits per heavy atom. The van der Waals surface area contributed by atoms with Crippen LogP contribution in [0.25, 0.3) is 0 Å². The zero-order valence-electron chi connectivity index (χ0n) is 15.1. The molecule has 1 heterocycles. The van der Waals surface area contributed by atoms with Crippen LogP contribution in [-0.4, -0.2) is 35.3 Å². The van der Waals surface area contributed by atoms with Crippen LogP contribution in [0.15, 0.2) is 24.3 Å². The van der Waals surface area contributed by atoms with Crippen molar-refractivity contribution in [3.05, 3.63) is 35.4 Å². The van der Waals surface area contributed by atoms with Crippen molar-refractivity contribution in [1.29, 1.82) is 0 Å². The SMILES string of the molecule is C[C@H]1CCCC[C@@H]1NC(=O)CN1C(=O)N[C@@]2(CCc3ccccc32)C1=O. The second-order valence-corrected chi connectivity index (χ2v) is 7.82. The number of hydrogen-bond donors (Lipinski definition) is 2. The van der Waals surface area contributed by atoms with Gasteiger partial charge in [-0.25, -0.2) is 4.79 Å². The van der Waals surface area contributed by atoms with Crippen LogP contribution in [0.2, 0.25) is 0 Å². The molecule has 26 heavy (non-hydrogen) atoms. The molecule has 0 unspecified atom stereocenters. The van der Waals surface area contributed by atoms with Crippen LogP contribution in [0.5, 0.6) is 0 Å². The molecular formula is C20H25N3O3. The Kier molecular flexibility index (Phi) is 4.21. The van der Waals surface area contributed by atoms with E-state index in [1.54, 1.807) is 0 Å². The van der Waals surface area contributed by atoms with Crippen molar-refractivity contribution >= 4 is 17.8 Å². The van der Waals surface area contributed by atoms with E-state index in [1.165, 1.54) is 6.42 Å². The van der Waals surface area contributed by atoms with Gasteiger partial charge in [0.15, 0.2) is 0 Å². The third-order valence-corrected chi connectivity index (χ3v) is 6.18. The average molecular weight is 355 g/mol.